The second-order valence-electron chi connectivity index (χ2n) is 7.31. The van der Waals surface area contributed by atoms with Gasteiger partial charge in [-0.15, -0.1) is 0 Å². The first-order valence-electron chi connectivity index (χ1n) is 8.99. The lowest BCUT2D eigenvalue weighted by molar-refractivity contribution is -0.129. The molecule has 0 aliphatic rings. The van der Waals surface area contributed by atoms with E-state index in [9.17, 15) is 9.59 Å². The molecular formula is C23H28O2. The summed E-state index contributed by atoms with van der Waals surface area (Å²) in [6.07, 6.45) is 1.81. The minimum absolute atomic E-state index is 0.0388. The zero-order chi connectivity index (χ0) is 18.4. The standard InChI is InChI=1S/C23H28O2/c1-5-20(18-12-8-6-9-13-18)22(17(2)25)21(16-24)23(3,4)19-14-10-7-11-15-19/h6-16,20-22H,5H2,1-4H3. The van der Waals surface area contributed by atoms with E-state index in [0.717, 1.165) is 23.8 Å². The average molecular weight is 336 g/mol. The van der Waals surface area contributed by atoms with Crippen molar-refractivity contribution in [3.63, 3.8) is 0 Å². The fourth-order valence-corrected chi connectivity index (χ4v) is 3.95. The molecule has 0 spiro atoms. The fourth-order valence-electron chi connectivity index (χ4n) is 3.95. The minimum atomic E-state index is -0.415. The molecule has 2 heteroatoms. The smallest absolute Gasteiger partial charge is 0.134 e. The predicted molar refractivity (Wildman–Crippen MR) is 103 cm³/mol. The Morgan fingerprint density at radius 2 is 1.52 bits per heavy atom. The lowest BCUT2D eigenvalue weighted by atomic mass is 9.63. The van der Waals surface area contributed by atoms with E-state index in [1.54, 1.807) is 6.92 Å². The molecule has 2 rings (SSSR count). The summed E-state index contributed by atoms with van der Waals surface area (Å²) >= 11 is 0. The maximum Gasteiger partial charge on any atom is 0.134 e. The van der Waals surface area contributed by atoms with Crippen molar-refractivity contribution in [2.45, 2.75) is 45.4 Å². The second kappa shape index (κ2) is 8.24. The summed E-state index contributed by atoms with van der Waals surface area (Å²) in [7, 11) is 0. The molecule has 3 unspecified atom stereocenters. The summed E-state index contributed by atoms with van der Waals surface area (Å²) in [5, 5.41) is 0. The molecule has 0 saturated heterocycles. The quantitative estimate of drug-likeness (QED) is 0.623. The molecule has 0 bridgehead atoms. The zero-order valence-corrected chi connectivity index (χ0v) is 15.6. The maximum atomic E-state index is 12.6. The number of carbonyl (C=O) groups is 2. The van der Waals surface area contributed by atoms with Crippen molar-refractivity contribution in [3.8, 4) is 0 Å². The Labute approximate surface area is 151 Å². The van der Waals surface area contributed by atoms with Gasteiger partial charge in [0.2, 0.25) is 0 Å². The van der Waals surface area contributed by atoms with E-state index in [0.29, 0.717) is 0 Å². The Morgan fingerprint density at radius 1 is 1.00 bits per heavy atom. The number of hydrogen-bond acceptors (Lipinski definition) is 2. The number of carbonyl (C=O) groups excluding carboxylic acids is 2. The molecule has 0 aliphatic heterocycles. The molecule has 0 amide bonds. The van der Waals surface area contributed by atoms with Gasteiger partial charge in [0.1, 0.15) is 12.1 Å². The third-order valence-corrected chi connectivity index (χ3v) is 5.46. The van der Waals surface area contributed by atoms with E-state index in [-0.39, 0.29) is 23.5 Å². The molecule has 0 aromatic heterocycles. The summed E-state index contributed by atoms with van der Waals surface area (Å²) in [6.45, 7) is 7.84. The Bertz CT molecular complexity index is 689. The molecule has 2 nitrogen and oxygen atoms in total. The highest BCUT2D eigenvalue weighted by atomic mass is 16.1. The third kappa shape index (κ3) is 4.07. The van der Waals surface area contributed by atoms with Gasteiger partial charge >= 0.3 is 0 Å². The number of aldehydes is 1. The Kier molecular flexibility index (Phi) is 6.30. The van der Waals surface area contributed by atoms with Gasteiger partial charge in [-0.25, -0.2) is 0 Å². The summed E-state index contributed by atoms with van der Waals surface area (Å²) in [6, 6.07) is 20.1. The minimum Gasteiger partial charge on any atom is -0.303 e. The lowest BCUT2D eigenvalue weighted by Crippen LogP contribution is -2.41. The van der Waals surface area contributed by atoms with Crippen LogP contribution in [0.1, 0.15) is 51.2 Å². The molecular weight excluding hydrogens is 308 g/mol. The van der Waals surface area contributed by atoms with Crippen molar-refractivity contribution in [3.05, 3.63) is 71.8 Å². The number of benzene rings is 2. The van der Waals surface area contributed by atoms with Crippen LogP contribution in [0.2, 0.25) is 0 Å². The van der Waals surface area contributed by atoms with Crippen molar-refractivity contribution in [2.75, 3.05) is 0 Å². The van der Waals surface area contributed by atoms with Crippen LogP contribution in [0.5, 0.6) is 0 Å². The topological polar surface area (TPSA) is 34.1 Å². The summed E-state index contributed by atoms with van der Waals surface area (Å²) in [5.41, 5.74) is 1.80. The van der Waals surface area contributed by atoms with Gasteiger partial charge in [-0.2, -0.15) is 0 Å². The SMILES string of the molecule is CCC(c1ccccc1)C(C(C)=O)C(C=O)C(C)(C)c1ccccc1. The third-order valence-electron chi connectivity index (χ3n) is 5.46. The summed E-state index contributed by atoms with van der Waals surface area (Å²) in [5.74, 6) is -0.591. The van der Waals surface area contributed by atoms with Crippen LogP contribution in [-0.2, 0) is 15.0 Å². The fraction of sp³-hybridized carbons (Fsp3) is 0.391. The number of rotatable bonds is 8. The molecule has 0 aliphatic carbocycles. The summed E-state index contributed by atoms with van der Waals surface area (Å²) in [4.78, 5) is 24.8. The van der Waals surface area contributed by atoms with E-state index in [1.807, 2.05) is 48.5 Å². The van der Waals surface area contributed by atoms with Crippen LogP contribution in [0.15, 0.2) is 60.7 Å². The van der Waals surface area contributed by atoms with E-state index < -0.39 is 5.41 Å². The van der Waals surface area contributed by atoms with Crippen LogP contribution in [-0.4, -0.2) is 12.1 Å². The highest BCUT2D eigenvalue weighted by Crippen LogP contribution is 2.42. The predicted octanol–water partition coefficient (Wildman–Crippen LogP) is 5.18. The highest BCUT2D eigenvalue weighted by Gasteiger charge is 2.42. The van der Waals surface area contributed by atoms with E-state index in [2.05, 4.69) is 32.9 Å². The summed E-state index contributed by atoms with van der Waals surface area (Å²) < 4.78 is 0. The maximum absolute atomic E-state index is 12.6. The average Bonchev–Trinajstić information content (AvgIpc) is 2.63. The van der Waals surface area contributed by atoms with Crippen LogP contribution < -0.4 is 0 Å². The van der Waals surface area contributed by atoms with E-state index in [1.165, 1.54) is 0 Å². The molecule has 0 heterocycles. The first-order chi connectivity index (χ1) is 11.9. The molecule has 2 aromatic carbocycles. The number of Topliss-reactive ketones (excluding diaryl/α,β-unsaturated/α-hetero) is 1. The van der Waals surface area contributed by atoms with Gasteiger partial charge in [-0.3, -0.25) is 4.79 Å². The molecule has 0 saturated carbocycles. The van der Waals surface area contributed by atoms with Crippen LogP contribution in [0.4, 0.5) is 0 Å². The van der Waals surface area contributed by atoms with E-state index in [4.69, 9.17) is 0 Å². The lowest BCUT2D eigenvalue weighted by Gasteiger charge is -2.39. The largest absolute Gasteiger partial charge is 0.303 e. The van der Waals surface area contributed by atoms with Crippen LogP contribution >= 0.6 is 0 Å². The van der Waals surface area contributed by atoms with Crippen LogP contribution in [0, 0.1) is 11.8 Å². The Balaban J connectivity index is 2.49. The first kappa shape index (κ1) is 19.1. The molecule has 3 atom stereocenters. The molecule has 0 N–H and O–H groups in total. The normalized spacial score (nSPS) is 15.2. The monoisotopic (exact) mass is 336 g/mol. The molecule has 2 aromatic rings. The zero-order valence-electron chi connectivity index (χ0n) is 15.6. The van der Waals surface area contributed by atoms with Gasteiger partial charge in [0.25, 0.3) is 0 Å². The van der Waals surface area contributed by atoms with Crippen molar-refractivity contribution < 1.29 is 9.59 Å². The molecule has 0 fully saturated rings. The van der Waals surface area contributed by atoms with Crippen molar-refractivity contribution in [1.82, 2.24) is 0 Å². The highest BCUT2D eigenvalue weighted by molar-refractivity contribution is 5.83. The molecule has 132 valence electrons. The number of ketones is 1. The van der Waals surface area contributed by atoms with E-state index >= 15 is 0 Å². The van der Waals surface area contributed by atoms with Gasteiger partial charge < -0.3 is 4.79 Å². The van der Waals surface area contributed by atoms with Gasteiger partial charge in [0.05, 0.1) is 0 Å². The second-order valence-corrected chi connectivity index (χ2v) is 7.31. The van der Waals surface area contributed by atoms with Gasteiger partial charge in [0, 0.05) is 11.8 Å². The van der Waals surface area contributed by atoms with Gasteiger partial charge in [0.15, 0.2) is 0 Å². The van der Waals surface area contributed by atoms with Gasteiger partial charge in [-0.1, -0.05) is 81.4 Å². The van der Waals surface area contributed by atoms with Crippen LogP contribution in [0.3, 0.4) is 0 Å². The van der Waals surface area contributed by atoms with Crippen LogP contribution in [0.25, 0.3) is 0 Å². The molecule has 0 radical (unpaired) electrons. The first-order valence-corrected chi connectivity index (χ1v) is 8.99. The Morgan fingerprint density at radius 3 is 1.96 bits per heavy atom. The van der Waals surface area contributed by atoms with Crippen molar-refractivity contribution in [2.24, 2.45) is 11.8 Å². The van der Waals surface area contributed by atoms with Crippen molar-refractivity contribution in [1.29, 1.82) is 0 Å². The molecule has 25 heavy (non-hydrogen) atoms. The Hall–Kier alpha value is -2.22. The van der Waals surface area contributed by atoms with Gasteiger partial charge in [-0.05, 0) is 35.8 Å². The van der Waals surface area contributed by atoms with Crippen molar-refractivity contribution >= 4 is 12.1 Å². The number of hydrogen-bond donors (Lipinski definition) is 0.